The zero-order valence-corrected chi connectivity index (χ0v) is 13.8. The van der Waals surface area contributed by atoms with Gasteiger partial charge < -0.3 is 20.3 Å². The number of carbonyl (C=O) groups is 2. The van der Waals surface area contributed by atoms with Crippen molar-refractivity contribution in [3.63, 3.8) is 0 Å². The highest BCUT2D eigenvalue weighted by molar-refractivity contribution is 5.85. The third-order valence-corrected chi connectivity index (χ3v) is 3.58. The number of nitrogens with one attached hydrogen (secondary N) is 2. The molecule has 1 saturated heterocycles. The van der Waals surface area contributed by atoms with Crippen LogP contribution < -0.4 is 10.6 Å². The van der Waals surface area contributed by atoms with Gasteiger partial charge in [-0.15, -0.1) is 12.4 Å². The van der Waals surface area contributed by atoms with Crippen molar-refractivity contribution < 1.29 is 14.3 Å². The summed E-state index contributed by atoms with van der Waals surface area (Å²) in [6.45, 7) is 3.41. The van der Waals surface area contributed by atoms with E-state index in [0.29, 0.717) is 25.5 Å². The summed E-state index contributed by atoms with van der Waals surface area (Å²) in [7, 11) is 3.32. The fraction of sp³-hybridized carbons (Fsp3) is 0.857. The molecule has 0 aromatic rings. The van der Waals surface area contributed by atoms with Crippen molar-refractivity contribution in [3.05, 3.63) is 0 Å². The Balaban J connectivity index is 0.00000400. The van der Waals surface area contributed by atoms with E-state index >= 15 is 0 Å². The third kappa shape index (κ3) is 8.90. The predicted molar refractivity (Wildman–Crippen MR) is 84.6 cm³/mol. The van der Waals surface area contributed by atoms with Gasteiger partial charge in [0.25, 0.3) is 0 Å². The normalized spacial score (nSPS) is 17.1. The van der Waals surface area contributed by atoms with Gasteiger partial charge in [0.2, 0.25) is 11.8 Å². The average Bonchev–Trinajstić information content (AvgIpc) is 2.94. The first-order valence-electron chi connectivity index (χ1n) is 7.33. The first kappa shape index (κ1) is 20.1. The first-order chi connectivity index (χ1) is 9.63. The first-order valence-corrected chi connectivity index (χ1v) is 7.33. The third-order valence-electron chi connectivity index (χ3n) is 3.58. The zero-order chi connectivity index (χ0) is 14.8. The minimum Gasteiger partial charge on any atom is -0.385 e. The Kier molecular flexibility index (Phi) is 11.3. The molecule has 2 amide bonds. The van der Waals surface area contributed by atoms with Crippen LogP contribution in [0.5, 0.6) is 0 Å². The number of ether oxygens (including phenoxy) is 1. The Morgan fingerprint density at radius 1 is 1.43 bits per heavy atom. The Hall–Kier alpha value is -0.850. The van der Waals surface area contributed by atoms with Crippen LogP contribution in [0.4, 0.5) is 0 Å². The maximum absolute atomic E-state index is 11.9. The number of hydrogen-bond acceptors (Lipinski definition) is 4. The maximum atomic E-state index is 11.9. The van der Waals surface area contributed by atoms with E-state index < -0.39 is 0 Å². The maximum Gasteiger partial charge on any atom is 0.239 e. The number of carbonyl (C=O) groups excluding carboxylic acids is 2. The van der Waals surface area contributed by atoms with Gasteiger partial charge in [-0.3, -0.25) is 9.59 Å². The molecule has 1 aliphatic rings. The molecular formula is C14H28ClN3O3. The number of rotatable bonds is 9. The quantitative estimate of drug-likeness (QED) is 0.603. The van der Waals surface area contributed by atoms with Gasteiger partial charge in [-0.05, 0) is 38.3 Å². The zero-order valence-electron chi connectivity index (χ0n) is 13.0. The monoisotopic (exact) mass is 321 g/mol. The van der Waals surface area contributed by atoms with E-state index in [2.05, 4.69) is 10.6 Å². The number of amides is 2. The van der Waals surface area contributed by atoms with Crippen molar-refractivity contribution >= 4 is 24.2 Å². The second kappa shape index (κ2) is 11.8. The van der Waals surface area contributed by atoms with E-state index in [1.807, 2.05) is 0 Å². The average molecular weight is 322 g/mol. The molecule has 1 heterocycles. The van der Waals surface area contributed by atoms with Crippen LogP contribution in [0.3, 0.4) is 0 Å². The molecule has 0 aromatic carbocycles. The van der Waals surface area contributed by atoms with E-state index in [4.69, 9.17) is 4.74 Å². The largest absolute Gasteiger partial charge is 0.385 e. The van der Waals surface area contributed by atoms with Gasteiger partial charge in [0, 0.05) is 33.7 Å². The Labute approximate surface area is 133 Å². The van der Waals surface area contributed by atoms with Gasteiger partial charge >= 0.3 is 0 Å². The van der Waals surface area contributed by atoms with Crippen molar-refractivity contribution in [3.8, 4) is 0 Å². The van der Waals surface area contributed by atoms with Crippen LogP contribution in [0.15, 0.2) is 0 Å². The standard InChI is InChI=1S/C14H27N3O3.ClH/c1-17(11-13(18)16-7-3-9-20-2)14(19)5-4-12-6-8-15-10-12;/h12,15H,3-11H2,1-2H3,(H,16,18);1H. The van der Waals surface area contributed by atoms with Crippen LogP contribution in [0.1, 0.15) is 25.7 Å². The van der Waals surface area contributed by atoms with Gasteiger partial charge in [0.15, 0.2) is 0 Å². The number of nitrogens with zero attached hydrogens (tertiary/aromatic N) is 1. The van der Waals surface area contributed by atoms with E-state index in [-0.39, 0.29) is 30.8 Å². The predicted octanol–water partition coefficient (Wildman–Crippen LogP) is 0.409. The van der Waals surface area contributed by atoms with Crippen LogP contribution in [-0.2, 0) is 14.3 Å². The number of halogens is 1. The number of hydrogen-bond donors (Lipinski definition) is 2. The molecule has 6 nitrogen and oxygen atoms in total. The van der Waals surface area contributed by atoms with Crippen LogP contribution in [-0.4, -0.2) is 63.7 Å². The molecule has 124 valence electrons. The molecule has 7 heteroatoms. The van der Waals surface area contributed by atoms with Gasteiger partial charge in [-0.2, -0.15) is 0 Å². The van der Waals surface area contributed by atoms with Gasteiger partial charge in [-0.25, -0.2) is 0 Å². The fourth-order valence-electron chi connectivity index (χ4n) is 2.28. The minimum absolute atomic E-state index is 0. The summed E-state index contributed by atoms with van der Waals surface area (Å²) >= 11 is 0. The molecule has 0 radical (unpaired) electrons. The molecule has 0 saturated carbocycles. The van der Waals surface area contributed by atoms with E-state index in [0.717, 1.165) is 32.4 Å². The summed E-state index contributed by atoms with van der Waals surface area (Å²) in [5.74, 6) is 0.540. The molecule has 0 bridgehead atoms. The molecule has 0 spiro atoms. The Morgan fingerprint density at radius 2 is 2.19 bits per heavy atom. The summed E-state index contributed by atoms with van der Waals surface area (Å²) in [5, 5.41) is 6.07. The fourth-order valence-corrected chi connectivity index (χ4v) is 2.28. The van der Waals surface area contributed by atoms with Crippen molar-refractivity contribution in [1.29, 1.82) is 0 Å². The van der Waals surface area contributed by atoms with E-state index in [1.54, 1.807) is 14.2 Å². The summed E-state index contributed by atoms with van der Waals surface area (Å²) in [4.78, 5) is 25.1. The van der Waals surface area contributed by atoms with Gasteiger partial charge in [-0.1, -0.05) is 0 Å². The highest BCUT2D eigenvalue weighted by Gasteiger charge is 2.18. The molecule has 1 rings (SSSR count). The minimum atomic E-state index is -0.112. The number of likely N-dealkylation sites (N-methyl/N-ethyl adjacent to an activating group) is 1. The smallest absolute Gasteiger partial charge is 0.239 e. The van der Waals surface area contributed by atoms with Crippen LogP contribution in [0.2, 0.25) is 0 Å². The SMILES string of the molecule is COCCCNC(=O)CN(C)C(=O)CCC1CCNC1.Cl. The molecule has 1 unspecified atom stereocenters. The van der Waals surface area contributed by atoms with E-state index in [1.165, 1.54) is 4.90 Å². The summed E-state index contributed by atoms with van der Waals surface area (Å²) in [6.07, 6.45) is 3.37. The summed E-state index contributed by atoms with van der Waals surface area (Å²) < 4.78 is 4.90. The molecule has 21 heavy (non-hydrogen) atoms. The molecule has 1 atom stereocenters. The summed E-state index contributed by atoms with van der Waals surface area (Å²) in [5.41, 5.74) is 0. The molecule has 2 N–H and O–H groups in total. The lowest BCUT2D eigenvalue weighted by atomic mass is 10.0. The molecule has 0 aliphatic carbocycles. The molecule has 1 aliphatic heterocycles. The molecule has 0 aromatic heterocycles. The topological polar surface area (TPSA) is 70.7 Å². The Morgan fingerprint density at radius 3 is 2.81 bits per heavy atom. The number of methoxy groups -OCH3 is 1. The second-order valence-corrected chi connectivity index (χ2v) is 5.34. The van der Waals surface area contributed by atoms with Crippen LogP contribution in [0, 0.1) is 5.92 Å². The second-order valence-electron chi connectivity index (χ2n) is 5.34. The highest BCUT2D eigenvalue weighted by atomic mass is 35.5. The molecule has 1 fully saturated rings. The lowest BCUT2D eigenvalue weighted by molar-refractivity contribution is -0.134. The van der Waals surface area contributed by atoms with Crippen LogP contribution in [0.25, 0.3) is 0 Å². The van der Waals surface area contributed by atoms with Gasteiger partial charge in [0.1, 0.15) is 0 Å². The lowest BCUT2D eigenvalue weighted by Gasteiger charge is -2.17. The van der Waals surface area contributed by atoms with Crippen molar-refractivity contribution in [2.24, 2.45) is 5.92 Å². The highest BCUT2D eigenvalue weighted by Crippen LogP contribution is 2.14. The summed E-state index contributed by atoms with van der Waals surface area (Å²) in [6, 6.07) is 0. The molecular weight excluding hydrogens is 294 g/mol. The van der Waals surface area contributed by atoms with E-state index in [9.17, 15) is 9.59 Å². The Bertz CT molecular complexity index is 310. The van der Waals surface area contributed by atoms with Crippen LogP contribution >= 0.6 is 12.4 Å². The van der Waals surface area contributed by atoms with Crippen molar-refractivity contribution in [2.75, 3.05) is 46.9 Å². The van der Waals surface area contributed by atoms with Crippen molar-refractivity contribution in [1.82, 2.24) is 15.5 Å². The van der Waals surface area contributed by atoms with Crippen molar-refractivity contribution in [2.45, 2.75) is 25.7 Å². The van der Waals surface area contributed by atoms with Gasteiger partial charge in [0.05, 0.1) is 6.54 Å². The lowest BCUT2D eigenvalue weighted by Crippen LogP contribution is -2.38.